The Kier molecular flexibility index (Phi) is 8.68. The van der Waals surface area contributed by atoms with Gasteiger partial charge in [-0.1, -0.05) is 20.8 Å². The van der Waals surface area contributed by atoms with Crippen molar-refractivity contribution in [2.45, 2.75) is 59.6 Å². The smallest absolute Gasteiger partial charge is 0.430 e. The third-order valence-corrected chi connectivity index (χ3v) is 4.23. The van der Waals surface area contributed by atoms with Crippen molar-refractivity contribution in [2.75, 3.05) is 5.01 Å². The zero-order chi connectivity index (χ0) is 24.9. The zero-order valence-electron chi connectivity index (χ0n) is 19.0. The van der Waals surface area contributed by atoms with Gasteiger partial charge in [0.15, 0.2) is 5.82 Å². The number of anilines is 1. The number of nitrogens with one attached hydrogen (secondary N) is 1. The van der Waals surface area contributed by atoms with Gasteiger partial charge in [-0.3, -0.25) is 9.59 Å². The van der Waals surface area contributed by atoms with E-state index in [1.165, 1.54) is 12.1 Å². The van der Waals surface area contributed by atoms with Crippen LogP contribution in [0.5, 0.6) is 0 Å². The number of carbonyl (C=O) groups is 4. The van der Waals surface area contributed by atoms with Crippen LogP contribution in [-0.2, 0) is 19.2 Å². The molecule has 0 saturated heterocycles. The van der Waals surface area contributed by atoms with Crippen LogP contribution >= 0.6 is 0 Å². The molecule has 0 spiro atoms. The molecule has 1 rings (SSSR count). The Labute approximate surface area is 186 Å². The SMILES string of the molecule is CC(C)(C)OC(=O)N(N)c1ccc(C(=O)NOC(=O)C(C[C@H](N)C(=O)O)C(C)(C)C)cn1. The number of nitrogens with two attached hydrogens (primary N) is 2. The Hall–Kier alpha value is -3.25. The molecule has 0 aromatic carbocycles. The second-order valence-corrected chi connectivity index (χ2v) is 9.21. The number of hydrogen-bond acceptors (Lipinski definition) is 9. The van der Waals surface area contributed by atoms with Gasteiger partial charge in [-0.2, -0.15) is 10.5 Å². The maximum Gasteiger partial charge on any atom is 0.430 e. The summed E-state index contributed by atoms with van der Waals surface area (Å²) in [4.78, 5) is 56.5. The first-order chi connectivity index (χ1) is 14.5. The fraction of sp³-hybridized carbons (Fsp3) is 0.550. The average molecular weight is 453 g/mol. The molecule has 1 aromatic rings. The number of rotatable bonds is 6. The number of hydrogen-bond donors (Lipinski definition) is 4. The fourth-order valence-corrected chi connectivity index (χ4v) is 2.45. The minimum atomic E-state index is -1.26. The predicted molar refractivity (Wildman–Crippen MR) is 114 cm³/mol. The molecule has 32 heavy (non-hydrogen) atoms. The number of hydroxylamine groups is 1. The van der Waals surface area contributed by atoms with E-state index in [1.54, 1.807) is 41.5 Å². The molecule has 1 aromatic heterocycles. The minimum Gasteiger partial charge on any atom is -0.480 e. The molecule has 2 atom stereocenters. The lowest BCUT2D eigenvalue weighted by molar-refractivity contribution is -0.159. The van der Waals surface area contributed by atoms with Crippen LogP contribution in [0.2, 0.25) is 0 Å². The Bertz CT molecular complexity index is 843. The summed E-state index contributed by atoms with van der Waals surface area (Å²) in [6, 6.07) is 1.37. The number of aliphatic carboxylic acids is 1. The van der Waals surface area contributed by atoms with Crippen LogP contribution in [0.25, 0.3) is 0 Å². The van der Waals surface area contributed by atoms with Gasteiger partial charge in [-0.25, -0.2) is 20.4 Å². The fourth-order valence-electron chi connectivity index (χ4n) is 2.45. The van der Waals surface area contributed by atoms with Gasteiger partial charge in [0.25, 0.3) is 5.91 Å². The van der Waals surface area contributed by atoms with Crippen LogP contribution in [0.4, 0.5) is 10.6 Å². The van der Waals surface area contributed by atoms with Gasteiger partial charge in [0.2, 0.25) is 0 Å². The van der Waals surface area contributed by atoms with Gasteiger partial charge in [0.1, 0.15) is 11.6 Å². The summed E-state index contributed by atoms with van der Waals surface area (Å²) in [5, 5.41) is 9.69. The molecule has 0 aliphatic heterocycles. The second-order valence-electron chi connectivity index (χ2n) is 9.21. The Morgan fingerprint density at radius 2 is 1.75 bits per heavy atom. The lowest BCUT2D eigenvalue weighted by Gasteiger charge is -2.29. The molecule has 2 amide bonds. The molecule has 1 unspecified atom stereocenters. The number of carboxylic acids is 1. The third kappa shape index (κ3) is 8.12. The van der Waals surface area contributed by atoms with Crippen LogP contribution in [0.3, 0.4) is 0 Å². The van der Waals surface area contributed by atoms with Crippen molar-refractivity contribution in [1.82, 2.24) is 10.5 Å². The van der Waals surface area contributed by atoms with Crippen molar-refractivity contribution in [1.29, 1.82) is 0 Å². The Balaban J connectivity index is 2.78. The summed E-state index contributed by atoms with van der Waals surface area (Å²) in [5.41, 5.74) is 6.15. The summed E-state index contributed by atoms with van der Waals surface area (Å²) < 4.78 is 5.13. The molecule has 178 valence electrons. The number of carbonyl (C=O) groups excluding carboxylic acids is 3. The van der Waals surface area contributed by atoms with Gasteiger partial charge in [-0.15, -0.1) is 0 Å². The van der Waals surface area contributed by atoms with E-state index in [9.17, 15) is 19.2 Å². The van der Waals surface area contributed by atoms with Gasteiger partial charge in [-0.05, 0) is 44.7 Å². The summed E-state index contributed by atoms with van der Waals surface area (Å²) in [6.45, 7) is 10.2. The number of amides is 2. The first-order valence-corrected chi connectivity index (χ1v) is 9.76. The van der Waals surface area contributed by atoms with E-state index in [1.807, 2.05) is 5.48 Å². The number of ether oxygens (including phenoxy) is 1. The molecular weight excluding hydrogens is 422 g/mol. The van der Waals surface area contributed by atoms with Crippen LogP contribution in [0.15, 0.2) is 18.3 Å². The molecule has 1 heterocycles. The van der Waals surface area contributed by atoms with Gasteiger partial charge in [0.05, 0.1) is 11.5 Å². The first-order valence-electron chi connectivity index (χ1n) is 9.76. The highest BCUT2D eigenvalue weighted by Gasteiger charge is 2.36. The van der Waals surface area contributed by atoms with Crippen molar-refractivity contribution in [2.24, 2.45) is 22.9 Å². The van der Waals surface area contributed by atoms with Gasteiger partial charge >= 0.3 is 18.0 Å². The normalized spacial score (nSPS) is 13.5. The lowest BCUT2D eigenvalue weighted by atomic mass is 9.77. The largest absolute Gasteiger partial charge is 0.480 e. The van der Waals surface area contributed by atoms with E-state index < -0.39 is 46.9 Å². The first kappa shape index (κ1) is 26.8. The highest BCUT2D eigenvalue weighted by molar-refractivity contribution is 5.94. The highest BCUT2D eigenvalue weighted by Crippen LogP contribution is 2.30. The predicted octanol–water partition coefficient (Wildman–Crippen LogP) is 1.35. The van der Waals surface area contributed by atoms with Crippen molar-refractivity contribution in [3.8, 4) is 0 Å². The standard InChI is InChI=1S/C20H31N5O7/c1-19(2,3)12(9-13(21)16(27)28)17(29)32-24-15(26)11-7-8-14(23-10-11)25(22)18(30)31-20(4,5)6/h7-8,10,12-13H,9,21-22H2,1-6H3,(H,24,26)(H,27,28)/t12?,13-/m0/s1. The maximum absolute atomic E-state index is 12.4. The molecule has 0 bridgehead atoms. The number of carboxylic acid groups (broad SMARTS) is 1. The molecule has 0 aliphatic carbocycles. The van der Waals surface area contributed by atoms with Crippen molar-refractivity contribution >= 4 is 29.8 Å². The molecule has 0 fully saturated rings. The molecule has 0 radical (unpaired) electrons. The van der Waals surface area contributed by atoms with Gasteiger partial charge < -0.3 is 20.4 Å². The van der Waals surface area contributed by atoms with Crippen molar-refractivity contribution < 1.29 is 33.9 Å². The number of aromatic nitrogens is 1. The van der Waals surface area contributed by atoms with E-state index in [0.29, 0.717) is 5.01 Å². The van der Waals surface area contributed by atoms with E-state index >= 15 is 0 Å². The monoisotopic (exact) mass is 453 g/mol. The second kappa shape index (κ2) is 10.4. The number of hydrazine groups is 1. The molecular formula is C20H31N5O7. The highest BCUT2D eigenvalue weighted by atomic mass is 16.7. The Morgan fingerprint density at radius 1 is 1.16 bits per heavy atom. The topological polar surface area (TPSA) is 187 Å². The molecule has 12 heteroatoms. The van der Waals surface area contributed by atoms with Crippen LogP contribution < -0.4 is 22.1 Å². The summed E-state index contributed by atoms with van der Waals surface area (Å²) >= 11 is 0. The van der Waals surface area contributed by atoms with Crippen LogP contribution in [-0.4, -0.2) is 45.7 Å². The van der Waals surface area contributed by atoms with E-state index in [4.69, 9.17) is 26.3 Å². The maximum atomic E-state index is 12.4. The van der Waals surface area contributed by atoms with Crippen LogP contribution in [0.1, 0.15) is 58.3 Å². The summed E-state index contributed by atoms with van der Waals surface area (Å²) in [5.74, 6) is 1.97. The quantitative estimate of drug-likeness (QED) is 0.278. The summed E-state index contributed by atoms with van der Waals surface area (Å²) in [7, 11) is 0. The van der Waals surface area contributed by atoms with Gasteiger partial charge in [0, 0.05) is 6.20 Å². The van der Waals surface area contributed by atoms with E-state index in [2.05, 4.69) is 4.98 Å². The Morgan fingerprint density at radius 3 is 2.19 bits per heavy atom. The third-order valence-electron chi connectivity index (χ3n) is 4.23. The van der Waals surface area contributed by atoms with Crippen molar-refractivity contribution in [3.05, 3.63) is 23.9 Å². The number of pyridine rings is 1. The average Bonchev–Trinajstić information content (AvgIpc) is 2.66. The molecule has 0 saturated carbocycles. The summed E-state index contributed by atoms with van der Waals surface area (Å²) in [6.07, 6.45) is 0.134. The van der Waals surface area contributed by atoms with Crippen molar-refractivity contribution in [3.63, 3.8) is 0 Å². The zero-order valence-corrected chi connectivity index (χ0v) is 19.0. The van der Waals surface area contributed by atoms with E-state index in [0.717, 1.165) is 6.20 Å². The van der Waals surface area contributed by atoms with Crippen LogP contribution in [0, 0.1) is 11.3 Å². The minimum absolute atomic E-state index is 0.0219. The molecule has 12 nitrogen and oxygen atoms in total. The number of nitrogens with zero attached hydrogens (tertiary/aromatic N) is 2. The van der Waals surface area contributed by atoms with E-state index in [-0.39, 0.29) is 17.8 Å². The lowest BCUT2D eigenvalue weighted by Crippen LogP contribution is -2.42. The molecule has 0 aliphatic rings. The molecule has 6 N–H and O–H groups in total.